The number of amides is 1. The van der Waals surface area contributed by atoms with Crippen LogP contribution in [-0.2, 0) is 4.79 Å². The largest absolute Gasteiger partial charge is 0.350 e. The van der Waals surface area contributed by atoms with Gasteiger partial charge in [0.25, 0.3) is 0 Å². The minimum atomic E-state index is -0.215. The molecule has 22 heavy (non-hydrogen) atoms. The van der Waals surface area contributed by atoms with Gasteiger partial charge in [0, 0.05) is 5.54 Å². The molecule has 0 heterocycles. The first-order valence-corrected chi connectivity index (χ1v) is 7.60. The third kappa shape index (κ3) is 5.01. The molecule has 116 valence electrons. The summed E-state index contributed by atoms with van der Waals surface area (Å²) in [4.78, 5) is 12.1. The van der Waals surface area contributed by atoms with Crippen LogP contribution in [0.1, 0.15) is 37.9 Å². The molecule has 0 unspecified atom stereocenters. The Morgan fingerprint density at radius 1 is 0.909 bits per heavy atom. The second kappa shape index (κ2) is 7.23. The maximum absolute atomic E-state index is 12.1. The van der Waals surface area contributed by atoms with E-state index in [-0.39, 0.29) is 24.0 Å². The zero-order chi connectivity index (χ0) is 16.0. The molecule has 0 fully saturated rings. The predicted octanol–water partition coefficient (Wildman–Crippen LogP) is 3.28. The first-order valence-electron chi connectivity index (χ1n) is 7.60. The summed E-state index contributed by atoms with van der Waals surface area (Å²) in [5.74, 6) is 0.00404. The number of carbonyl (C=O) groups is 1. The van der Waals surface area contributed by atoms with Crippen LogP contribution in [0.25, 0.3) is 0 Å². The van der Waals surface area contributed by atoms with Gasteiger partial charge in [-0.25, -0.2) is 0 Å². The molecular formula is C19H24N2O. The van der Waals surface area contributed by atoms with E-state index in [0.29, 0.717) is 0 Å². The summed E-state index contributed by atoms with van der Waals surface area (Å²) in [5, 5.41) is 6.34. The second-order valence-electron chi connectivity index (χ2n) is 6.43. The van der Waals surface area contributed by atoms with Crippen molar-refractivity contribution in [2.24, 2.45) is 0 Å². The Morgan fingerprint density at radius 3 is 1.77 bits per heavy atom. The zero-order valence-electron chi connectivity index (χ0n) is 13.5. The van der Waals surface area contributed by atoms with E-state index >= 15 is 0 Å². The summed E-state index contributed by atoms with van der Waals surface area (Å²) in [5.41, 5.74) is 2.09. The fourth-order valence-corrected chi connectivity index (χ4v) is 2.38. The molecule has 0 aliphatic carbocycles. The van der Waals surface area contributed by atoms with Crippen LogP contribution in [-0.4, -0.2) is 18.0 Å². The Balaban J connectivity index is 2.11. The molecule has 0 saturated carbocycles. The van der Waals surface area contributed by atoms with Gasteiger partial charge in [-0.3, -0.25) is 10.1 Å². The van der Waals surface area contributed by atoms with Gasteiger partial charge >= 0.3 is 0 Å². The highest BCUT2D eigenvalue weighted by atomic mass is 16.2. The van der Waals surface area contributed by atoms with Crippen LogP contribution < -0.4 is 10.6 Å². The van der Waals surface area contributed by atoms with Gasteiger partial charge in [0.1, 0.15) is 0 Å². The molecule has 0 aliphatic heterocycles. The predicted molar refractivity (Wildman–Crippen MR) is 90.6 cm³/mol. The third-order valence-electron chi connectivity index (χ3n) is 3.25. The lowest BCUT2D eigenvalue weighted by Gasteiger charge is -2.23. The number of hydrogen-bond donors (Lipinski definition) is 2. The van der Waals surface area contributed by atoms with Gasteiger partial charge < -0.3 is 5.32 Å². The standard InChI is InChI=1S/C19H24N2O/c1-19(2,3)21-17(22)14-20-18(15-10-6-4-7-11-15)16-12-8-5-9-13-16/h4-13,18,20H,14H2,1-3H3,(H,21,22). The van der Waals surface area contributed by atoms with E-state index < -0.39 is 0 Å². The van der Waals surface area contributed by atoms with Gasteiger partial charge in [-0.2, -0.15) is 0 Å². The number of nitrogens with one attached hydrogen (secondary N) is 2. The van der Waals surface area contributed by atoms with Gasteiger partial charge in [0.2, 0.25) is 5.91 Å². The lowest BCUT2D eigenvalue weighted by Crippen LogP contribution is -2.45. The van der Waals surface area contributed by atoms with Gasteiger partial charge in [-0.15, -0.1) is 0 Å². The normalized spacial score (nSPS) is 11.5. The summed E-state index contributed by atoms with van der Waals surface area (Å²) in [6.07, 6.45) is 0. The molecule has 0 aliphatic rings. The van der Waals surface area contributed by atoms with Gasteiger partial charge in [0.05, 0.1) is 12.6 Å². The fraction of sp³-hybridized carbons (Fsp3) is 0.316. The van der Waals surface area contributed by atoms with Crippen LogP contribution in [0.15, 0.2) is 60.7 Å². The van der Waals surface area contributed by atoms with E-state index in [9.17, 15) is 4.79 Å². The van der Waals surface area contributed by atoms with Crippen LogP contribution in [0.2, 0.25) is 0 Å². The van der Waals surface area contributed by atoms with Crippen molar-refractivity contribution in [3.63, 3.8) is 0 Å². The summed E-state index contributed by atoms with van der Waals surface area (Å²) in [6.45, 7) is 6.23. The second-order valence-corrected chi connectivity index (χ2v) is 6.43. The van der Waals surface area contributed by atoms with Crippen molar-refractivity contribution in [1.82, 2.24) is 10.6 Å². The van der Waals surface area contributed by atoms with Crippen molar-refractivity contribution in [2.75, 3.05) is 6.54 Å². The van der Waals surface area contributed by atoms with Crippen molar-refractivity contribution < 1.29 is 4.79 Å². The number of carbonyl (C=O) groups excluding carboxylic acids is 1. The quantitative estimate of drug-likeness (QED) is 0.889. The molecule has 3 nitrogen and oxygen atoms in total. The lowest BCUT2D eigenvalue weighted by molar-refractivity contribution is -0.121. The maximum atomic E-state index is 12.1. The summed E-state index contributed by atoms with van der Waals surface area (Å²) < 4.78 is 0. The molecule has 2 rings (SSSR count). The first kappa shape index (κ1) is 16.2. The summed E-state index contributed by atoms with van der Waals surface area (Å²) in [6, 6.07) is 20.4. The van der Waals surface area contributed by atoms with Gasteiger partial charge in [-0.05, 0) is 31.9 Å². The molecule has 0 atom stereocenters. The van der Waals surface area contributed by atoms with Crippen molar-refractivity contribution in [3.8, 4) is 0 Å². The SMILES string of the molecule is CC(C)(C)NC(=O)CNC(c1ccccc1)c1ccccc1. The molecule has 0 spiro atoms. The summed E-state index contributed by atoms with van der Waals surface area (Å²) >= 11 is 0. The van der Waals surface area contributed by atoms with Gasteiger partial charge in [0.15, 0.2) is 0 Å². The van der Waals surface area contributed by atoms with E-state index in [1.807, 2.05) is 57.2 Å². The first-order chi connectivity index (χ1) is 10.5. The third-order valence-corrected chi connectivity index (χ3v) is 3.25. The minimum absolute atomic E-state index is 0.00404. The monoisotopic (exact) mass is 296 g/mol. The highest BCUT2D eigenvalue weighted by molar-refractivity contribution is 5.78. The molecule has 0 saturated heterocycles. The highest BCUT2D eigenvalue weighted by Gasteiger charge is 2.17. The van der Waals surface area contributed by atoms with Crippen molar-refractivity contribution >= 4 is 5.91 Å². The Labute approximate surface area is 132 Å². The highest BCUT2D eigenvalue weighted by Crippen LogP contribution is 2.21. The van der Waals surface area contributed by atoms with Crippen LogP contribution in [0.3, 0.4) is 0 Å². The molecule has 3 heteroatoms. The van der Waals surface area contributed by atoms with Crippen molar-refractivity contribution in [1.29, 1.82) is 0 Å². The van der Waals surface area contributed by atoms with Crippen LogP contribution >= 0.6 is 0 Å². The molecule has 0 aromatic heterocycles. The van der Waals surface area contributed by atoms with Crippen molar-refractivity contribution in [2.45, 2.75) is 32.4 Å². The fourth-order valence-electron chi connectivity index (χ4n) is 2.38. The van der Waals surface area contributed by atoms with Crippen LogP contribution in [0, 0.1) is 0 Å². The Kier molecular flexibility index (Phi) is 5.34. The summed E-state index contributed by atoms with van der Waals surface area (Å²) in [7, 11) is 0. The topological polar surface area (TPSA) is 41.1 Å². The number of hydrogen-bond acceptors (Lipinski definition) is 2. The number of rotatable bonds is 5. The van der Waals surface area contributed by atoms with Crippen LogP contribution in [0.4, 0.5) is 0 Å². The molecule has 0 bridgehead atoms. The zero-order valence-corrected chi connectivity index (χ0v) is 13.5. The lowest BCUT2D eigenvalue weighted by atomic mass is 9.99. The van der Waals surface area contributed by atoms with Crippen molar-refractivity contribution in [3.05, 3.63) is 71.8 Å². The average Bonchev–Trinajstić information content (AvgIpc) is 2.48. The molecular weight excluding hydrogens is 272 g/mol. The van der Waals surface area contributed by atoms with E-state index in [4.69, 9.17) is 0 Å². The van der Waals surface area contributed by atoms with E-state index in [0.717, 1.165) is 11.1 Å². The molecule has 1 amide bonds. The average molecular weight is 296 g/mol. The van der Waals surface area contributed by atoms with E-state index in [1.54, 1.807) is 0 Å². The maximum Gasteiger partial charge on any atom is 0.234 e. The van der Waals surface area contributed by atoms with Crippen LogP contribution in [0.5, 0.6) is 0 Å². The Morgan fingerprint density at radius 2 is 1.36 bits per heavy atom. The van der Waals surface area contributed by atoms with Gasteiger partial charge in [-0.1, -0.05) is 60.7 Å². The minimum Gasteiger partial charge on any atom is -0.350 e. The molecule has 2 aromatic carbocycles. The molecule has 2 aromatic rings. The Hall–Kier alpha value is -2.13. The smallest absolute Gasteiger partial charge is 0.234 e. The Bertz CT molecular complexity index is 548. The molecule has 2 N–H and O–H groups in total. The van der Waals surface area contributed by atoms with E-state index in [2.05, 4.69) is 34.9 Å². The van der Waals surface area contributed by atoms with E-state index in [1.165, 1.54) is 0 Å². The molecule has 0 radical (unpaired) electrons. The number of benzene rings is 2.